The first kappa shape index (κ1) is 20.3. The second-order valence-electron chi connectivity index (χ2n) is 9.78. The van der Waals surface area contributed by atoms with Crippen molar-refractivity contribution in [1.29, 1.82) is 0 Å². The standard InChI is InChI=1S/C26H29N3OS/c1-15(2)29-22-11-16(3)18(12-19(22)17(4)14-26(29,5)6)13-23-24(30)28-21-10-8-7-9-20(21)27-25(28)31-23/h7-13,15,17H,14H2,1-6H3/b23-13-/t17-/m1/s1. The Bertz CT molecular complexity index is 1430. The number of aromatic nitrogens is 2. The summed E-state index contributed by atoms with van der Waals surface area (Å²) in [4.78, 5) is 21.2. The highest BCUT2D eigenvalue weighted by Crippen LogP contribution is 2.45. The summed E-state index contributed by atoms with van der Waals surface area (Å²) in [7, 11) is 0. The van der Waals surface area contributed by atoms with Crippen LogP contribution >= 0.6 is 11.3 Å². The van der Waals surface area contributed by atoms with Crippen molar-refractivity contribution in [1.82, 2.24) is 9.38 Å². The zero-order valence-electron chi connectivity index (χ0n) is 19.1. The minimum Gasteiger partial charge on any atom is -0.364 e. The summed E-state index contributed by atoms with van der Waals surface area (Å²) in [6, 6.07) is 12.9. The maximum Gasteiger partial charge on any atom is 0.274 e. The molecule has 3 heterocycles. The molecule has 4 aromatic rings. The minimum absolute atomic E-state index is 0.0174. The first-order valence-corrected chi connectivity index (χ1v) is 11.8. The van der Waals surface area contributed by atoms with E-state index in [0.29, 0.717) is 12.0 Å². The summed E-state index contributed by atoms with van der Waals surface area (Å²) in [5.74, 6) is 0.476. The number of nitrogens with zero attached hydrogens (tertiary/aromatic N) is 3. The molecule has 0 amide bonds. The summed E-state index contributed by atoms with van der Waals surface area (Å²) in [6.45, 7) is 13.7. The molecule has 160 valence electrons. The van der Waals surface area contributed by atoms with Gasteiger partial charge in [0.15, 0.2) is 4.96 Å². The van der Waals surface area contributed by atoms with Crippen molar-refractivity contribution < 1.29 is 0 Å². The van der Waals surface area contributed by atoms with Gasteiger partial charge in [0.1, 0.15) is 0 Å². The maximum absolute atomic E-state index is 13.2. The normalized spacial score (nSPS) is 19.0. The van der Waals surface area contributed by atoms with E-state index in [1.165, 1.54) is 28.2 Å². The summed E-state index contributed by atoms with van der Waals surface area (Å²) in [6.07, 6.45) is 3.17. The molecule has 5 heteroatoms. The molecule has 0 radical (unpaired) electrons. The molecule has 0 spiro atoms. The molecule has 0 saturated carbocycles. The van der Waals surface area contributed by atoms with E-state index in [9.17, 15) is 4.79 Å². The highest BCUT2D eigenvalue weighted by Gasteiger charge is 2.37. The summed E-state index contributed by atoms with van der Waals surface area (Å²) in [5, 5.41) is 0. The van der Waals surface area contributed by atoms with Gasteiger partial charge in [-0.2, -0.15) is 0 Å². The number of para-hydroxylation sites is 2. The lowest BCUT2D eigenvalue weighted by molar-refractivity contribution is 0.356. The number of benzene rings is 2. The zero-order valence-corrected chi connectivity index (χ0v) is 19.9. The van der Waals surface area contributed by atoms with Crippen LogP contribution in [0.4, 0.5) is 5.69 Å². The van der Waals surface area contributed by atoms with Crippen molar-refractivity contribution in [3.05, 3.63) is 68.0 Å². The number of anilines is 1. The summed E-state index contributed by atoms with van der Waals surface area (Å²) >= 11 is 1.47. The second kappa shape index (κ2) is 6.92. The number of thiazole rings is 1. The lowest BCUT2D eigenvalue weighted by Gasteiger charge is -2.50. The third kappa shape index (κ3) is 3.09. The zero-order chi connectivity index (χ0) is 22.1. The van der Waals surface area contributed by atoms with Gasteiger partial charge in [0.25, 0.3) is 5.56 Å². The molecule has 0 N–H and O–H groups in total. The van der Waals surface area contributed by atoms with Crippen LogP contribution in [0.25, 0.3) is 22.1 Å². The molecule has 4 nitrogen and oxygen atoms in total. The number of fused-ring (bicyclic) bond motifs is 4. The molecule has 5 rings (SSSR count). The monoisotopic (exact) mass is 431 g/mol. The Hall–Kier alpha value is -2.66. The molecule has 31 heavy (non-hydrogen) atoms. The quantitative estimate of drug-likeness (QED) is 0.434. The molecular weight excluding hydrogens is 402 g/mol. The molecule has 0 bridgehead atoms. The number of hydrogen-bond acceptors (Lipinski definition) is 4. The molecular formula is C26H29N3OS. The Kier molecular flexibility index (Phi) is 4.52. The van der Waals surface area contributed by atoms with Crippen LogP contribution in [0.5, 0.6) is 0 Å². The van der Waals surface area contributed by atoms with Crippen LogP contribution in [0.1, 0.15) is 63.6 Å². The molecule has 0 saturated heterocycles. The van der Waals surface area contributed by atoms with Gasteiger partial charge in [-0.3, -0.25) is 4.79 Å². The van der Waals surface area contributed by atoms with Gasteiger partial charge in [0.05, 0.1) is 15.6 Å². The fourth-order valence-electron chi connectivity index (χ4n) is 5.50. The predicted octanol–water partition coefficient (Wildman–Crippen LogP) is 5.27. The van der Waals surface area contributed by atoms with E-state index in [2.05, 4.69) is 69.6 Å². The van der Waals surface area contributed by atoms with Crippen LogP contribution < -0.4 is 15.0 Å². The van der Waals surface area contributed by atoms with Crippen molar-refractivity contribution in [3.8, 4) is 0 Å². The Balaban J connectivity index is 1.69. The average molecular weight is 432 g/mol. The van der Waals surface area contributed by atoms with Gasteiger partial charge in [-0.15, -0.1) is 0 Å². The van der Waals surface area contributed by atoms with Crippen LogP contribution in [-0.4, -0.2) is 21.0 Å². The van der Waals surface area contributed by atoms with E-state index in [0.717, 1.165) is 32.5 Å². The minimum atomic E-state index is 0.0174. The van der Waals surface area contributed by atoms with E-state index >= 15 is 0 Å². The number of rotatable bonds is 2. The van der Waals surface area contributed by atoms with E-state index in [1.54, 1.807) is 4.40 Å². The molecule has 2 aromatic heterocycles. The van der Waals surface area contributed by atoms with E-state index < -0.39 is 0 Å². The van der Waals surface area contributed by atoms with Crippen LogP contribution in [0, 0.1) is 6.92 Å². The van der Waals surface area contributed by atoms with E-state index in [-0.39, 0.29) is 11.1 Å². The predicted molar refractivity (Wildman–Crippen MR) is 132 cm³/mol. The lowest BCUT2D eigenvalue weighted by Crippen LogP contribution is -2.51. The number of hydrogen-bond donors (Lipinski definition) is 0. The van der Waals surface area contributed by atoms with Crippen molar-refractivity contribution in [2.45, 2.75) is 65.5 Å². The fourth-order valence-corrected chi connectivity index (χ4v) is 6.48. The Morgan fingerprint density at radius 2 is 1.97 bits per heavy atom. The summed E-state index contributed by atoms with van der Waals surface area (Å²) in [5.41, 5.74) is 6.93. The van der Waals surface area contributed by atoms with Gasteiger partial charge in [-0.1, -0.05) is 30.4 Å². The number of aryl methyl sites for hydroxylation is 1. The Morgan fingerprint density at radius 1 is 1.23 bits per heavy atom. The topological polar surface area (TPSA) is 37.6 Å². The maximum atomic E-state index is 13.2. The second-order valence-corrected chi connectivity index (χ2v) is 10.8. The van der Waals surface area contributed by atoms with E-state index in [4.69, 9.17) is 0 Å². The van der Waals surface area contributed by atoms with Gasteiger partial charge in [0.2, 0.25) is 0 Å². The highest BCUT2D eigenvalue weighted by atomic mass is 32.1. The Labute approximate surface area is 186 Å². The van der Waals surface area contributed by atoms with Gasteiger partial charge in [0, 0.05) is 17.3 Å². The smallest absolute Gasteiger partial charge is 0.274 e. The van der Waals surface area contributed by atoms with Crippen LogP contribution in [0.3, 0.4) is 0 Å². The SMILES string of the molecule is Cc1cc2c(cc1/C=c1\sc3nc4ccccc4n3c1=O)[C@H](C)CC(C)(C)N2C(C)C. The highest BCUT2D eigenvalue weighted by molar-refractivity contribution is 7.15. The number of imidazole rings is 1. The lowest BCUT2D eigenvalue weighted by atomic mass is 9.78. The van der Waals surface area contributed by atoms with Crippen LogP contribution in [0.15, 0.2) is 41.2 Å². The van der Waals surface area contributed by atoms with Gasteiger partial charge in [-0.25, -0.2) is 9.38 Å². The molecule has 0 fully saturated rings. The van der Waals surface area contributed by atoms with Crippen LogP contribution in [0.2, 0.25) is 0 Å². The fraction of sp³-hybridized carbons (Fsp3) is 0.385. The van der Waals surface area contributed by atoms with Crippen molar-refractivity contribution in [3.63, 3.8) is 0 Å². The van der Waals surface area contributed by atoms with Gasteiger partial charge in [-0.05, 0) is 94.0 Å². The summed E-state index contributed by atoms with van der Waals surface area (Å²) < 4.78 is 2.48. The van der Waals surface area contributed by atoms with E-state index in [1.807, 2.05) is 24.3 Å². The third-order valence-corrected chi connectivity index (χ3v) is 7.58. The molecule has 0 aliphatic carbocycles. The third-order valence-electron chi connectivity index (χ3n) is 6.61. The molecule has 1 atom stereocenters. The van der Waals surface area contributed by atoms with Crippen molar-refractivity contribution >= 4 is 39.1 Å². The van der Waals surface area contributed by atoms with Gasteiger partial charge < -0.3 is 4.90 Å². The van der Waals surface area contributed by atoms with Gasteiger partial charge >= 0.3 is 0 Å². The van der Waals surface area contributed by atoms with Crippen molar-refractivity contribution in [2.75, 3.05) is 4.90 Å². The van der Waals surface area contributed by atoms with Crippen LogP contribution in [-0.2, 0) is 0 Å². The molecule has 1 aliphatic rings. The Morgan fingerprint density at radius 3 is 2.71 bits per heavy atom. The first-order chi connectivity index (χ1) is 14.7. The van der Waals surface area contributed by atoms with Crippen molar-refractivity contribution in [2.24, 2.45) is 0 Å². The first-order valence-electron chi connectivity index (χ1n) is 11.0. The largest absolute Gasteiger partial charge is 0.364 e. The molecule has 2 aromatic carbocycles. The average Bonchev–Trinajstić information content (AvgIpc) is 3.18. The molecule has 0 unspecified atom stereocenters. The molecule has 1 aliphatic heterocycles.